The molecule has 1 atom stereocenters. The molecule has 0 aliphatic carbocycles. The number of hydrogen-bond acceptors (Lipinski definition) is 5. The molecule has 0 saturated carbocycles. The second kappa shape index (κ2) is 10.4. The number of H-pyrrole nitrogens is 1. The van der Waals surface area contributed by atoms with E-state index in [1.54, 1.807) is 30.3 Å². The third-order valence-electron chi connectivity index (χ3n) is 6.50. The molecule has 0 fully saturated rings. The molecule has 3 aromatic carbocycles. The fraction of sp³-hybridized carbons (Fsp3) is 0.179. The number of ketones is 1. The Morgan fingerprint density at radius 2 is 1.92 bits per heavy atom. The standard InChI is InChI=1S/C28H24ClF2N5O2/c1-18(37)19-2-6-23(7-3-19)35(13-20-12-33-27-9-4-21(29)10-24(20)27)14-28(38,15-36-17-32-16-34-36)25-8-5-22(30)11-26(25)31/h2-12,16-17,33,38H,13-15H2,1H3. The lowest BCUT2D eigenvalue weighted by Crippen LogP contribution is -2.44. The Morgan fingerprint density at radius 3 is 2.61 bits per heavy atom. The van der Waals surface area contributed by atoms with Gasteiger partial charge >= 0.3 is 0 Å². The number of fused-ring (bicyclic) bond motifs is 1. The summed E-state index contributed by atoms with van der Waals surface area (Å²) in [5, 5.41) is 17.6. The molecule has 0 bridgehead atoms. The van der Waals surface area contributed by atoms with E-state index in [1.165, 1.54) is 30.3 Å². The van der Waals surface area contributed by atoms with Crippen LogP contribution in [-0.4, -0.2) is 37.2 Å². The van der Waals surface area contributed by atoms with Crippen molar-refractivity contribution in [1.82, 2.24) is 19.7 Å². The molecule has 38 heavy (non-hydrogen) atoms. The smallest absolute Gasteiger partial charge is 0.159 e. The van der Waals surface area contributed by atoms with Gasteiger partial charge in [-0.25, -0.2) is 18.4 Å². The van der Waals surface area contributed by atoms with Crippen LogP contribution in [0.2, 0.25) is 5.02 Å². The Kier molecular flexibility index (Phi) is 6.96. The predicted molar refractivity (Wildman–Crippen MR) is 141 cm³/mol. The van der Waals surface area contributed by atoms with Crippen molar-refractivity contribution in [2.75, 3.05) is 11.4 Å². The van der Waals surface area contributed by atoms with Crippen LogP contribution in [-0.2, 0) is 18.7 Å². The highest BCUT2D eigenvalue weighted by atomic mass is 35.5. The van der Waals surface area contributed by atoms with Crippen LogP contribution in [0.4, 0.5) is 14.5 Å². The minimum absolute atomic E-state index is 0.0783. The number of aromatic nitrogens is 4. The number of hydrogen-bond donors (Lipinski definition) is 2. The normalized spacial score (nSPS) is 13.0. The first-order valence-corrected chi connectivity index (χ1v) is 12.2. The zero-order valence-electron chi connectivity index (χ0n) is 20.4. The number of benzene rings is 3. The monoisotopic (exact) mass is 535 g/mol. The SMILES string of the molecule is CC(=O)c1ccc(N(Cc2c[nH]c3ccc(Cl)cc23)CC(O)(Cn2cncn2)c2ccc(F)cc2F)cc1. The second-order valence-corrected chi connectivity index (χ2v) is 9.65. The van der Waals surface area contributed by atoms with Crippen LogP contribution in [0.1, 0.15) is 28.4 Å². The van der Waals surface area contributed by atoms with Crippen LogP contribution < -0.4 is 4.90 Å². The van der Waals surface area contributed by atoms with E-state index in [9.17, 15) is 14.3 Å². The first-order valence-electron chi connectivity index (χ1n) is 11.8. The summed E-state index contributed by atoms with van der Waals surface area (Å²) in [6.45, 7) is 1.55. The van der Waals surface area contributed by atoms with Crippen molar-refractivity contribution in [3.8, 4) is 0 Å². The molecule has 0 radical (unpaired) electrons. The van der Waals surface area contributed by atoms with Gasteiger partial charge in [0.1, 0.15) is 29.9 Å². The number of carbonyl (C=O) groups is 1. The Balaban J connectivity index is 1.59. The van der Waals surface area contributed by atoms with Crippen molar-refractivity contribution < 1.29 is 18.7 Å². The quantitative estimate of drug-likeness (QED) is 0.244. The topological polar surface area (TPSA) is 87.0 Å². The molecule has 7 nitrogen and oxygen atoms in total. The average Bonchev–Trinajstić information content (AvgIpc) is 3.53. The van der Waals surface area contributed by atoms with Crippen LogP contribution in [0.3, 0.4) is 0 Å². The predicted octanol–water partition coefficient (Wildman–Crippen LogP) is 5.49. The van der Waals surface area contributed by atoms with E-state index in [4.69, 9.17) is 11.6 Å². The van der Waals surface area contributed by atoms with E-state index in [1.807, 2.05) is 23.2 Å². The van der Waals surface area contributed by atoms with E-state index < -0.39 is 17.2 Å². The lowest BCUT2D eigenvalue weighted by atomic mass is 9.91. The zero-order chi connectivity index (χ0) is 26.9. The number of Topliss-reactive ketones (excluding diaryl/α,β-unsaturated/α-hetero) is 1. The number of aliphatic hydroxyl groups is 1. The van der Waals surface area contributed by atoms with E-state index in [0.717, 1.165) is 28.6 Å². The van der Waals surface area contributed by atoms with Crippen LogP contribution in [0.25, 0.3) is 10.9 Å². The number of carbonyl (C=O) groups excluding carboxylic acids is 1. The van der Waals surface area contributed by atoms with Crippen LogP contribution in [0, 0.1) is 11.6 Å². The first-order chi connectivity index (χ1) is 18.2. The highest BCUT2D eigenvalue weighted by Gasteiger charge is 2.36. The van der Waals surface area contributed by atoms with Gasteiger partial charge in [0.25, 0.3) is 0 Å². The van der Waals surface area contributed by atoms with Crippen LogP contribution in [0.15, 0.2) is 79.5 Å². The Morgan fingerprint density at radius 1 is 1.13 bits per heavy atom. The summed E-state index contributed by atoms with van der Waals surface area (Å²) in [5.74, 6) is -1.70. The molecule has 0 aliphatic heterocycles. The van der Waals surface area contributed by atoms with Crippen LogP contribution >= 0.6 is 11.6 Å². The maximum Gasteiger partial charge on any atom is 0.159 e. The number of anilines is 1. The van der Waals surface area contributed by atoms with Crippen molar-refractivity contribution in [3.63, 3.8) is 0 Å². The van der Waals surface area contributed by atoms with Gasteiger partial charge in [0.15, 0.2) is 5.78 Å². The van der Waals surface area contributed by atoms with Crippen molar-refractivity contribution in [1.29, 1.82) is 0 Å². The Labute approximate surface area is 222 Å². The van der Waals surface area contributed by atoms with Gasteiger partial charge in [0.2, 0.25) is 0 Å². The van der Waals surface area contributed by atoms with Crippen molar-refractivity contribution in [2.24, 2.45) is 0 Å². The molecule has 10 heteroatoms. The van der Waals surface area contributed by atoms with E-state index >= 15 is 4.39 Å². The third-order valence-corrected chi connectivity index (χ3v) is 6.74. The summed E-state index contributed by atoms with van der Waals surface area (Å²) < 4.78 is 30.2. The molecule has 2 aromatic heterocycles. The number of halogens is 3. The highest BCUT2D eigenvalue weighted by Crippen LogP contribution is 2.32. The molecule has 2 heterocycles. The van der Waals surface area contributed by atoms with E-state index in [0.29, 0.717) is 22.8 Å². The molecule has 5 rings (SSSR count). The third kappa shape index (κ3) is 5.29. The molecular formula is C28H24ClF2N5O2. The minimum Gasteiger partial charge on any atom is -0.381 e. The summed E-state index contributed by atoms with van der Waals surface area (Å²) in [4.78, 5) is 20.9. The number of rotatable bonds is 9. The van der Waals surface area contributed by atoms with Gasteiger partial charge in [-0.2, -0.15) is 5.10 Å². The van der Waals surface area contributed by atoms with Gasteiger partial charge in [-0.15, -0.1) is 0 Å². The Hall–Kier alpha value is -4.08. The summed E-state index contributed by atoms with van der Waals surface area (Å²) in [5.41, 5.74) is 1.08. The minimum atomic E-state index is -1.84. The lowest BCUT2D eigenvalue weighted by molar-refractivity contribution is 0.0182. The molecule has 0 saturated heterocycles. The number of aromatic amines is 1. The van der Waals surface area contributed by atoms with Gasteiger partial charge in [0.05, 0.1) is 13.1 Å². The van der Waals surface area contributed by atoms with E-state index in [-0.39, 0.29) is 24.4 Å². The van der Waals surface area contributed by atoms with Crippen molar-refractivity contribution >= 4 is 34.0 Å². The molecule has 194 valence electrons. The summed E-state index contributed by atoms with van der Waals surface area (Å²) >= 11 is 6.26. The van der Waals surface area contributed by atoms with Crippen molar-refractivity contribution in [3.05, 3.63) is 113 Å². The summed E-state index contributed by atoms with van der Waals surface area (Å²) in [7, 11) is 0. The zero-order valence-corrected chi connectivity index (χ0v) is 21.2. The van der Waals surface area contributed by atoms with E-state index in [2.05, 4.69) is 15.1 Å². The average molecular weight is 536 g/mol. The molecular weight excluding hydrogens is 512 g/mol. The lowest BCUT2D eigenvalue weighted by Gasteiger charge is -2.36. The van der Waals surface area contributed by atoms with Gasteiger partial charge in [0, 0.05) is 51.5 Å². The second-order valence-electron chi connectivity index (χ2n) is 9.21. The summed E-state index contributed by atoms with van der Waals surface area (Å²) in [6, 6.07) is 15.6. The van der Waals surface area contributed by atoms with Gasteiger partial charge in [-0.05, 0) is 61.0 Å². The Bertz CT molecular complexity index is 1590. The maximum atomic E-state index is 15.1. The molecule has 0 spiro atoms. The number of nitrogens with one attached hydrogen (secondary N) is 1. The molecule has 5 aromatic rings. The van der Waals surface area contributed by atoms with Crippen molar-refractivity contribution in [2.45, 2.75) is 25.6 Å². The van der Waals surface area contributed by atoms with Gasteiger partial charge in [-0.3, -0.25) is 4.79 Å². The largest absolute Gasteiger partial charge is 0.381 e. The van der Waals surface area contributed by atoms with Gasteiger partial charge < -0.3 is 15.0 Å². The molecule has 0 amide bonds. The molecule has 1 unspecified atom stereocenters. The fourth-order valence-electron chi connectivity index (χ4n) is 4.62. The first kappa shape index (κ1) is 25.6. The molecule has 0 aliphatic rings. The highest BCUT2D eigenvalue weighted by molar-refractivity contribution is 6.31. The van der Waals surface area contributed by atoms with Gasteiger partial charge in [-0.1, -0.05) is 17.7 Å². The summed E-state index contributed by atoms with van der Waals surface area (Å²) in [6.07, 6.45) is 4.59. The number of nitrogens with zero attached hydrogens (tertiary/aromatic N) is 4. The fourth-order valence-corrected chi connectivity index (χ4v) is 4.79. The maximum absolute atomic E-state index is 15.1. The molecule has 2 N–H and O–H groups in total. The van der Waals surface area contributed by atoms with Crippen LogP contribution in [0.5, 0.6) is 0 Å².